The van der Waals surface area contributed by atoms with E-state index in [9.17, 15) is 9.59 Å². The van der Waals surface area contributed by atoms with Gasteiger partial charge in [0.1, 0.15) is 29.6 Å². The van der Waals surface area contributed by atoms with E-state index in [1.807, 2.05) is 27.7 Å². The zero-order valence-corrected chi connectivity index (χ0v) is 21.3. The molecule has 0 aromatic carbocycles. The number of nitrogens with two attached hydrogens (primary N) is 1. The maximum Gasteiger partial charge on any atom is 0.247 e. The number of ether oxygens (including phenoxy) is 2. The third-order valence-corrected chi connectivity index (χ3v) is 5.80. The van der Waals surface area contributed by atoms with Gasteiger partial charge in [0.2, 0.25) is 11.8 Å². The molecule has 0 bridgehead atoms. The van der Waals surface area contributed by atoms with E-state index in [1.54, 1.807) is 30.0 Å². The van der Waals surface area contributed by atoms with Gasteiger partial charge in [0.05, 0.1) is 33.0 Å². The summed E-state index contributed by atoms with van der Waals surface area (Å²) in [6.45, 7) is 14.3. The molecule has 2 rings (SSSR count). The summed E-state index contributed by atoms with van der Waals surface area (Å²) >= 11 is 0. The predicted octanol–water partition coefficient (Wildman–Crippen LogP) is 1.93. The summed E-state index contributed by atoms with van der Waals surface area (Å²) in [4.78, 5) is 40.0. The number of rotatable bonds is 9. The summed E-state index contributed by atoms with van der Waals surface area (Å²) in [6.07, 6.45) is 1.73. The molecule has 1 aromatic heterocycles. The summed E-state index contributed by atoms with van der Waals surface area (Å²) in [6, 6.07) is 0. The summed E-state index contributed by atoms with van der Waals surface area (Å²) in [7, 11) is 3.12. The van der Waals surface area contributed by atoms with Crippen LogP contribution in [0.4, 0.5) is 0 Å². The lowest BCUT2D eigenvalue weighted by Gasteiger charge is -2.39. The van der Waals surface area contributed by atoms with Crippen LogP contribution in [0.3, 0.4) is 0 Å². The second kappa shape index (κ2) is 11.5. The number of amides is 2. The first kappa shape index (κ1) is 26.7. The van der Waals surface area contributed by atoms with Crippen LogP contribution in [0, 0.1) is 13.8 Å². The molecule has 10 nitrogen and oxygen atoms in total. The van der Waals surface area contributed by atoms with Crippen molar-refractivity contribution in [2.24, 2.45) is 10.7 Å². The van der Waals surface area contributed by atoms with Gasteiger partial charge in [0, 0.05) is 30.4 Å². The number of carbonyl (C=O) groups is 2. The van der Waals surface area contributed by atoms with Crippen molar-refractivity contribution < 1.29 is 19.1 Å². The number of aliphatic imine (C=N–C) groups is 1. The quantitative estimate of drug-likeness (QED) is 0.546. The van der Waals surface area contributed by atoms with Gasteiger partial charge < -0.3 is 25.0 Å². The highest BCUT2D eigenvalue weighted by Gasteiger charge is 2.37. The molecule has 1 aromatic rings. The minimum Gasteiger partial charge on any atom is -0.499 e. The largest absolute Gasteiger partial charge is 0.499 e. The van der Waals surface area contributed by atoms with E-state index in [-0.39, 0.29) is 37.3 Å². The minimum absolute atomic E-state index is 0.0184. The Balaban J connectivity index is 2.56. The van der Waals surface area contributed by atoms with Crippen molar-refractivity contribution in [3.05, 3.63) is 46.9 Å². The second-order valence-electron chi connectivity index (χ2n) is 7.98. The fourth-order valence-corrected chi connectivity index (χ4v) is 3.94. The lowest BCUT2D eigenvalue weighted by molar-refractivity contribution is -0.139. The summed E-state index contributed by atoms with van der Waals surface area (Å²) in [5.74, 6) is 1.20. The first-order valence-electron chi connectivity index (χ1n) is 11.2. The van der Waals surface area contributed by atoms with Crippen molar-refractivity contribution in [3.63, 3.8) is 0 Å². The van der Waals surface area contributed by atoms with Crippen molar-refractivity contribution in [1.29, 1.82) is 0 Å². The average molecular weight is 473 g/mol. The molecule has 10 heteroatoms. The highest BCUT2D eigenvalue weighted by molar-refractivity contribution is 6.08. The van der Waals surface area contributed by atoms with Gasteiger partial charge in [-0.1, -0.05) is 6.58 Å². The maximum atomic E-state index is 13.3. The number of aromatic nitrogens is 1. The zero-order valence-electron chi connectivity index (χ0n) is 21.3. The maximum absolute atomic E-state index is 13.3. The van der Waals surface area contributed by atoms with Crippen molar-refractivity contribution >= 4 is 17.6 Å². The van der Waals surface area contributed by atoms with E-state index in [2.05, 4.69) is 16.6 Å². The van der Waals surface area contributed by atoms with Gasteiger partial charge in [-0.3, -0.25) is 19.5 Å². The van der Waals surface area contributed by atoms with Crippen LogP contribution < -0.4 is 10.5 Å². The Hall–Kier alpha value is -3.56. The summed E-state index contributed by atoms with van der Waals surface area (Å²) < 4.78 is 11.0. The van der Waals surface area contributed by atoms with Crippen molar-refractivity contribution in [3.8, 4) is 5.75 Å². The third-order valence-electron chi connectivity index (χ3n) is 5.80. The van der Waals surface area contributed by atoms with Gasteiger partial charge in [-0.05, 0) is 34.6 Å². The van der Waals surface area contributed by atoms with Crippen molar-refractivity contribution in [2.75, 3.05) is 40.4 Å². The number of amidine groups is 1. The third kappa shape index (κ3) is 5.67. The van der Waals surface area contributed by atoms with Crippen LogP contribution in [0.25, 0.3) is 0 Å². The first-order chi connectivity index (χ1) is 16.1. The van der Waals surface area contributed by atoms with Gasteiger partial charge in [0.15, 0.2) is 5.84 Å². The zero-order chi connectivity index (χ0) is 25.6. The fraction of sp³-hybridized carbons (Fsp3) is 0.500. The number of methoxy groups -OCH3 is 2. The van der Waals surface area contributed by atoms with E-state index in [0.29, 0.717) is 30.4 Å². The number of hydrogen-bond acceptors (Lipinski definition) is 7. The fourth-order valence-electron chi connectivity index (χ4n) is 3.94. The van der Waals surface area contributed by atoms with E-state index < -0.39 is 0 Å². The summed E-state index contributed by atoms with van der Waals surface area (Å²) in [5, 5.41) is 0. The molecule has 0 atom stereocenters. The normalized spacial score (nSPS) is 16.6. The molecule has 1 fully saturated rings. The van der Waals surface area contributed by atoms with Crippen molar-refractivity contribution in [1.82, 2.24) is 19.7 Å². The molecule has 1 saturated heterocycles. The van der Waals surface area contributed by atoms with Crippen LogP contribution in [0.5, 0.6) is 5.75 Å². The number of likely N-dealkylation sites (N-methyl/N-ethyl adjacent to an activating group) is 1. The number of pyridine rings is 1. The number of nitrogens with zero attached hydrogens (tertiary/aromatic N) is 5. The Labute approximate surface area is 201 Å². The molecule has 1 aliphatic rings. The van der Waals surface area contributed by atoms with Crippen LogP contribution in [0.15, 0.2) is 35.0 Å². The molecule has 2 N–H and O–H groups in total. The SMILES string of the molecule is C=C(N)/N=C1\C(=C(/C)OC)N(CC(=O)N(CC)CC)C(=O)CN1Cc1ncc(C)c(OC)c1C. The predicted molar refractivity (Wildman–Crippen MR) is 131 cm³/mol. The van der Waals surface area contributed by atoms with Crippen LogP contribution in [0.1, 0.15) is 37.6 Å². The minimum atomic E-state index is -0.259. The van der Waals surface area contributed by atoms with E-state index in [0.717, 1.165) is 22.6 Å². The van der Waals surface area contributed by atoms with E-state index >= 15 is 0 Å². The Bertz CT molecular complexity index is 1010. The van der Waals surface area contributed by atoms with Crippen LogP contribution in [-0.2, 0) is 20.9 Å². The Morgan fingerprint density at radius 2 is 1.94 bits per heavy atom. The molecule has 0 aliphatic carbocycles. The molecule has 186 valence electrons. The van der Waals surface area contributed by atoms with Crippen LogP contribution >= 0.6 is 0 Å². The number of hydrogen-bond donors (Lipinski definition) is 1. The molecule has 1 aliphatic heterocycles. The highest BCUT2D eigenvalue weighted by atomic mass is 16.5. The number of allylic oxidation sites excluding steroid dienone is 1. The average Bonchev–Trinajstić information content (AvgIpc) is 2.79. The topological polar surface area (TPSA) is 114 Å². The number of carbonyl (C=O) groups excluding carboxylic acids is 2. The smallest absolute Gasteiger partial charge is 0.247 e. The van der Waals surface area contributed by atoms with Gasteiger partial charge in [-0.2, -0.15) is 0 Å². The molecule has 0 saturated carbocycles. The lowest BCUT2D eigenvalue weighted by atomic mass is 10.1. The number of piperazine rings is 1. The Kier molecular flexibility index (Phi) is 9.05. The standard InChI is InChI=1S/C24H36N6O4/c1-9-28(10-2)20(31)14-30-21(32)13-29(24(27-18(6)25)22(30)17(5)33-7)12-19-16(4)23(34-8)15(3)11-26-19/h11H,6,9-10,12-14,25H2,1-5,7-8H3/b22-17-,27-24+. The molecule has 34 heavy (non-hydrogen) atoms. The number of aryl methyl sites for hydroxylation is 1. The van der Waals surface area contributed by atoms with E-state index in [4.69, 9.17) is 15.2 Å². The molecule has 2 heterocycles. The molecule has 0 radical (unpaired) electrons. The van der Waals surface area contributed by atoms with Gasteiger partial charge in [-0.15, -0.1) is 0 Å². The van der Waals surface area contributed by atoms with E-state index in [1.165, 1.54) is 12.0 Å². The van der Waals surface area contributed by atoms with Gasteiger partial charge in [0.25, 0.3) is 0 Å². The molecule has 0 unspecified atom stereocenters. The Morgan fingerprint density at radius 3 is 2.47 bits per heavy atom. The second-order valence-corrected chi connectivity index (χ2v) is 7.98. The molecule has 2 amide bonds. The van der Waals surface area contributed by atoms with Gasteiger partial charge in [-0.25, -0.2) is 4.99 Å². The van der Waals surface area contributed by atoms with Crippen LogP contribution in [0.2, 0.25) is 0 Å². The van der Waals surface area contributed by atoms with Crippen LogP contribution in [-0.4, -0.2) is 77.7 Å². The summed E-state index contributed by atoms with van der Waals surface area (Å²) in [5.41, 5.74) is 8.76. The Morgan fingerprint density at radius 1 is 1.29 bits per heavy atom. The molecular weight excluding hydrogens is 436 g/mol. The molecular formula is C24H36N6O4. The lowest BCUT2D eigenvalue weighted by Crippen LogP contribution is -2.55. The first-order valence-corrected chi connectivity index (χ1v) is 11.2. The monoisotopic (exact) mass is 472 g/mol. The molecule has 0 spiro atoms. The highest BCUT2D eigenvalue weighted by Crippen LogP contribution is 2.28. The van der Waals surface area contributed by atoms with Crippen molar-refractivity contribution in [2.45, 2.75) is 41.2 Å². The van der Waals surface area contributed by atoms with Gasteiger partial charge >= 0.3 is 0 Å².